The molecule has 2 nitrogen and oxygen atoms in total. The molecule has 2 atom stereocenters. The zero-order valence-corrected chi connectivity index (χ0v) is 11.9. The Morgan fingerprint density at radius 1 is 1.17 bits per heavy atom. The van der Waals surface area contributed by atoms with Crippen LogP contribution in [0.5, 0.6) is 0 Å². The molecule has 2 fully saturated rings. The Labute approximate surface area is 121 Å². The van der Waals surface area contributed by atoms with Crippen LogP contribution in [0.25, 0.3) is 0 Å². The van der Waals surface area contributed by atoms with E-state index in [1.54, 1.807) is 11.1 Å². The number of nitrogens with one attached hydrogen (secondary N) is 2. The first kappa shape index (κ1) is 14.1. The molecule has 1 saturated heterocycles. The average molecular weight is 287 g/mol. The summed E-state index contributed by atoms with van der Waals surface area (Å²) in [7, 11) is 0. The van der Waals surface area contributed by atoms with Gasteiger partial charge in [0.1, 0.15) is 0 Å². The molecule has 1 aromatic rings. The molecule has 0 bridgehead atoms. The second-order valence-corrected chi connectivity index (χ2v) is 5.59. The molecule has 4 heteroatoms. The summed E-state index contributed by atoms with van der Waals surface area (Å²) in [6.07, 6.45) is 4.02. The van der Waals surface area contributed by atoms with Crippen molar-refractivity contribution in [3.05, 3.63) is 35.4 Å². The molecule has 3 aliphatic rings. The topological polar surface area (TPSA) is 24.1 Å². The van der Waals surface area contributed by atoms with Crippen LogP contribution >= 0.6 is 24.8 Å². The van der Waals surface area contributed by atoms with Crippen molar-refractivity contribution in [3.63, 3.8) is 0 Å². The van der Waals surface area contributed by atoms with Crippen LogP contribution in [0.4, 0.5) is 0 Å². The van der Waals surface area contributed by atoms with Crippen LogP contribution in [0.3, 0.4) is 0 Å². The number of rotatable bonds is 2. The van der Waals surface area contributed by atoms with Gasteiger partial charge in [0.2, 0.25) is 0 Å². The minimum absolute atomic E-state index is 0. The van der Waals surface area contributed by atoms with Crippen LogP contribution < -0.4 is 10.6 Å². The fourth-order valence-electron chi connectivity index (χ4n) is 3.51. The second kappa shape index (κ2) is 5.01. The average Bonchev–Trinajstić information content (AvgIpc) is 2.82. The largest absolute Gasteiger partial charge is 0.314 e. The Kier molecular flexibility index (Phi) is 3.93. The number of aryl methyl sites for hydroxylation is 1. The second-order valence-electron chi connectivity index (χ2n) is 5.59. The number of benzene rings is 1. The van der Waals surface area contributed by atoms with E-state index in [4.69, 9.17) is 0 Å². The van der Waals surface area contributed by atoms with E-state index < -0.39 is 0 Å². The van der Waals surface area contributed by atoms with E-state index >= 15 is 0 Å². The highest BCUT2D eigenvalue weighted by atomic mass is 35.5. The lowest BCUT2D eigenvalue weighted by Crippen LogP contribution is -2.56. The molecule has 2 N–H and O–H groups in total. The summed E-state index contributed by atoms with van der Waals surface area (Å²) in [6.45, 7) is 2.32. The molecule has 4 rings (SSSR count). The Morgan fingerprint density at radius 3 is 2.67 bits per heavy atom. The summed E-state index contributed by atoms with van der Waals surface area (Å²) in [5, 5.41) is 7.13. The van der Waals surface area contributed by atoms with Gasteiger partial charge >= 0.3 is 0 Å². The molecule has 1 aliphatic heterocycles. The Bertz CT molecular complexity index is 434. The van der Waals surface area contributed by atoms with Crippen LogP contribution in [-0.4, -0.2) is 25.2 Å². The maximum Gasteiger partial charge on any atom is 0.0320 e. The van der Waals surface area contributed by atoms with Crippen molar-refractivity contribution >= 4 is 24.8 Å². The quantitative estimate of drug-likeness (QED) is 0.870. The molecule has 0 aromatic heterocycles. The molecule has 1 heterocycles. The first-order chi connectivity index (χ1) is 7.88. The third kappa shape index (κ3) is 1.96. The summed E-state index contributed by atoms with van der Waals surface area (Å²) in [5.74, 6) is 0. The van der Waals surface area contributed by atoms with E-state index in [1.807, 2.05) is 0 Å². The third-order valence-corrected chi connectivity index (χ3v) is 4.69. The van der Waals surface area contributed by atoms with Crippen molar-refractivity contribution in [2.75, 3.05) is 13.1 Å². The van der Waals surface area contributed by atoms with E-state index in [1.165, 1.54) is 19.3 Å². The fraction of sp³-hybridized carbons (Fsp3) is 0.571. The van der Waals surface area contributed by atoms with Gasteiger partial charge in [0, 0.05) is 30.6 Å². The van der Waals surface area contributed by atoms with E-state index in [2.05, 4.69) is 34.9 Å². The minimum atomic E-state index is 0. The summed E-state index contributed by atoms with van der Waals surface area (Å²) in [4.78, 5) is 0. The van der Waals surface area contributed by atoms with Crippen molar-refractivity contribution in [2.24, 2.45) is 0 Å². The molecule has 0 unspecified atom stereocenters. The van der Waals surface area contributed by atoms with E-state index in [0.29, 0.717) is 5.41 Å². The molecule has 1 saturated carbocycles. The molecule has 1 spiro atoms. The maximum atomic E-state index is 3.80. The molecule has 2 aliphatic carbocycles. The Balaban J connectivity index is 0.000000602. The van der Waals surface area contributed by atoms with E-state index in [-0.39, 0.29) is 24.8 Å². The van der Waals surface area contributed by atoms with Crippen LogP contribution in [0.2, 0.25) is 0 Å². The van der Waals surface area contributed by atoms with Crippen LogP contribution in [-0.2, 0) is 11.8 Å². The Hall–Kier alpha value is -0.280. The minimum Gasteiger partial charge on any atom is -0.314 e. The number of fused-ring (bicyclic) bond motifs is 2. The summed E-state index contributed by atoms with van der Waals surface area (Å²) < 4.78 is 0. The fourth-order valence-corrected chi connectivity index (χ4v) is 3.51. The zero-order chi connectivity index (χ0) is 10.6. The lowest BCUT2D eigenvalue weighted by atomic mass is 9.97. The van der Waals surface area contributed by atoms with Crippen LogP contribution in [0.1, 0.15) is 24.0 Å². The summed E-state index contributed by atoms with van der Waals surface area (Å²) in [5.41, 5.74) is 3.75. The smallest absolute Gasteiger partial charge is 0.0320 e. The van der Waals surface area contributed by atoms with Crippen molar-refractivity contribution in [3.8, 4) is 0 Å². The van der Waals surface area contributed by atoms with Gasteiger partial charge in [0.15, 0.2) is 0 Å². The molecular formula is C14H20Cl2N2. The van der Waals surface area contributed by atoms with Gasteiger partial charge in [-0.05, 0) is 30.4 Å². The van der Waals surface area contributed by atoms with E-state index in [0.717, 1.165) is 25.2 Å². The van der Waals surface area contributed by atoms with Gasteiger partial charge in [-0.2, -0.15) is 0 Å². The van der Waals surface area contributed by atoms with Gasteiger partial charge in [-0.15, -0.1) is 24.8 Å². The molecule has 1 aromatic carbocycles. The highest BCUT2D eigenvalue weighted by Gasteiger charge is 2.58. The molecule has 18 heavy (non-hydrogen) atoms. The zero-order valence-electron chi connectivity index (χ0n) is 10.3. The SMILES string of the molecule is Cl.Cl.c1ccc2c(c1)CC[C@@]21C[C@H]1NC1CNC1. The van der Waals surface area contributed by atoms with Gasteiger partial charge < -0.3 is 10.6 Å². The molecule has 100 valence electrons. The van der Waals surface area contributed by atoms with Crippen molar-refractivity contribution in [1.29, 1.82) is 0 Å². The first-order valence-corrected chi connectivity index (χ1v) is 6.44. The van der Waals surface area contributed by atoms with Crippen molar-refractivity contribution in [2.45, 2.75) is 36.8 Å². The molecule has 0 amide bonds. The van der Waals surface area contributed by atoms with Crippen molar-refractivity contribution < 1.29 is 0 Å². The standard InChI is InChI=1S/C14H18N2.2ClH/c1-2-4-12-10(3-1)5-6-14(12)7-13(14)16-11-8-15-9-11;;/h1-4,11,13,15-16H,5-9H2;2*1H/t13-,14-;;/m1../s1. The third-order valence-electron chi connectivity index (χ3n) is 4.69. The molecule has 0 radical (unpaired) electrons. The molecular weight excluding hydrogens is 267 g/mol. The normalized spacial score (nSPS) is 32.1. The first-order valence-electron chi connectivity index (χ1n) is 6.44. The lowest BCUT2D eigenvalue weighted by molar-refractivity contribution is 0.353. The van der Waals surface area contributed by atoms with Gasteiger partial charge in [-0.1, -0.05) is 24.3 Å². The predicted octanol–water partition coefficient (Wildman–Crippen LogP) is 2.05. The Morgan fingerprint density at radius 2 is 1.94 bits per heavy atom. The number of halogens is 2. The van der Waals surface area contributed by atoms with Gasteiger partial charge in [0.25, 0.3) is 0 Å². The van der Waals surface area contributed by atoms with Gasteiger partial charge in [0.05, 0.1) is 0 Å². The highest BCUT2D eigenvalue weighted by Crippen LogP contribution is 2.56. The van der Waals surface area contributed by atoms with Gasteiger partial charge in [-0.25, -0.2) is 0 Å². The predicted molar refractivity (Wildman–Crippen MR) is 79.1 cm³/mol. The monoisotopic (exact) mass is 286 g/mol. The summed E-state index contributed by atoms with van der Waals surface area (Å²) in [6, 6.07) is 10.5. The van der Waals surface area contributed by atoms with Gasteiger partial charge in [-0.3, -0.25) is 0 Å². The highest BCUT2D eigenvalue weighted by molar-refractivity contribution is 5.85. The number of hydrogen-bond donors (Lipinski definition) is 2. The summed E-state index contributed by atoms with van der Waals surface area (Å²) >= 11 is 0. The maximum absolute atomic E-state index is 3.80. The van der Waals surface area contributed by atoms with Crippen molar-refractivity contribution in [1.82, 2.24) is 10.6 Å². The van der Waals surface area contributed by atoms with Crippen LogP contribution in [0, 0.1) is 0 Å². The van der Waals surface area contributed by atoms with Crippen LogP contribution in [0.15, 0.2) is 24.3 Å². The van der Waals surface area contributed by atoms with E-state index in [9.17, 15) is 0 Å². The lowest BCUT2D eigenvalue weighted by Gasteiger charge is -2.29. The number of hydrogen-bond acceptors (Lipinski definition) is 2.